The van der Waals surface area contributed by atoms with Gasteiger partial charge in [-0.1, -0.05) is 0 Å². The van der Waals surface area contributed by atoms with E-state index in [1.165, 1.54) is 19.4 Å². The van der Waals surface area contributed by atoms with Gasteiger partial charge in [-0.15, -0.1) is 0 Å². The number of anilines is 1. The fraction of sp³-hybridized carbons (Fsp3) is 0.571. The lowest BCUT2D eigenvalue weighted by atomic mass is 9.74. The van der Waals surface area contributed by atoms with Crippen molar-refractivity contribution >= 4 is 39.4 Å². The molecule has 0 atom stereocenters. The van der Waals surface area contributed by atoms with Gasteiger partial charge in [0.15, 0.2) is 0 Å². The lowest BCUT2D eigenvalue weighted by Crippen LogP contribution is -2.34. The first-order valence-electron chi connectivity index (χ1n) is 6.94. The second-order valence-electron chi connectivity index (χ2n) is 6.05. The Kier molecular flexibility index (Phi) is 3.85. The number of hydrogen-bond donors (Lipinski definition) is 1. The maximum absolute atomic E-state index is 5.95. The Hall–Kier alpha value is -0.890. The minimum atomic E-state index is 0.581. The van der Waals surface area contributed by atoms with Crippen molar-refractivity contribution in [3.63, 3.8) is 0 Å². The molecule has 108 valence electrons. The molecule has 0 unspecified atom stereocenters. The van der Waals surface area contributed by atoms with E-state index in [9.17, 15) is 0 Å². The van der Waals surface area contributed by atoms with Crippen LogP contribution in [-0.2, 0) is 6.54 Å². The van der Waals surface area contributed by atoms with Crippen LogP contribution >= 0.6 is 22.6 Å². The Morgan fingerprint density at radius 2 is 2.10 bits per heavy atom. The lowest BCUT2D eigenvalue weighted by molar-refractivity contribution is 0.137. The van der Waals surface area contributed by atoms with E-state index < -0.39 is 0 Å². The van der Waals surface area contributed by atoms with E-state index >= 15 is 0 Å². The van der Waals surface area contributed by atoms with Crippen LogP contribution in [0.15, 0.2) is 12.5 Å². The van der Waals surface area contributed by atoms with E-state index in [2.05, 4.69) is 62.3 Å². The molecule has 1 saturated carbocycles. The largest absolute Gasteiger partial charge is 0.383 e. The minimum absolute atomic E-state index is 0.581. The zero-order chi connectivity index (χ0) is 14.3. The third-order valence-corrected chi connectivity index (χ3v) is 4.87. The van der Waals surface area contributed by atoms with Crippen molar-refractivity contribution in [1.29, 1.82) is 0 Å². The molecule has 1 aliphatic rings. The van der Waals surface area contributed by atoms with Gasteiger partial charge >= 0.3 is 0 Å². The molecule has 0 bridgehead atoms. The molecule has 0 spiro atoms. The lowest BCUT2D eigenvalue weighted by Gasteiger charge is -2.37. The van der Waals surface area contributed by atoms with Crippen molar-refractivity contribution in [2.75, 3.05) is 26.4 Å². The number of halogens is 1. The van der Waals surface area contributed by atoms with Crippen LogP contribution < -0.4 is 5.73 Å². The predicted octanol–water partition coefficient (Wildman–Crippen LogP) is 2.21. The second-order valence-corrected chi connectivity index (χ2v) is 7.21. The smallest absolute Gasteiger partial charge is 0.146 e. The van der Waals surface area contributed by atoms with Gasteiger partial charge in [-0.2, -0.15) is 0 Å². The minimum Gasteiger partial charge on any atom is -0.383 e. The summed E-state index contributed by atoms with van der Waals surface area (Å²) >= 11 is 2.31. The molecule has 2 N–H and O–H groups in total. The van der Waals surface area contributed by atoms with E-state index in [0.717, 1.165) is 33.0 Å². The maximum atomic E-state index is 5.95. The van der Waals surface area contributed by atoms with E-state index in [1.807, 2.05) is 0 Å². The molecule has 1 fully saturated rings. The summed E-state index contributed by atoms with van der Waals surface area (Å²) in [5.41, 5.74) is 6.92. The molecule has 0 radical (unpaired) electrons. The highest BCUT2D eigenvalue weighted by molar-refractivity contribution is 14.1. The molecule has 5 nitrogen and oxygen atoms in total. The molecule has 6 heteroatoms. The van der Waals surface area contributed by atoms with Gasteiger partial charge in [0.25, 0.3) is 0 Å². The highest BCUT2D eigenvalue weighted by atomic mass is 127. The SMILES string of the molecule is CN(C)CC1CC(Cn2cc(I)c3c(N)ncnc32)C1. The molecule has 2 aromatic heterocycles. The Balaban J connectivity index is 1.72. The highest BCUT2D eigenvalue weighted by Gasteiger charge is 2.30. The number of aromatic nitrogens is 3. The standard InChI is InChI=1S/C14H20IN5/c1-19(2)5-9-3-10(4-9)6-20-7-11(15)12-13(16)17-8-18-14(12)20/h7-10H,3-6H2,1-2H3,(H2,16,17,18). The van der Waals surface area contributed by atoms with Gasteiger partial charge in [0.2, 0.25) is 0 Å². The number of nitrogen functional groups attached to an aromatic ring is 1. The van der Waals surface area contributed by atoms with Crippen molar-refractivity contribution in [2.45, 2.75) is 19.4 Å². The predicted molar refractivity (Wildman–Crippen MR) is 89.4 cm³/mol. The van der Waals surface area contributed by atoms with E-state index in [-0.39, 0.29) is 0 Å². The van der Waals surface area contributed by atoms with Gasteiger partial charge in [-0.05, 0) is 61.4 Å². The monoisotopic (exact) mass is 385 g/mol. The molecule has 0 aliphatic heterocycles. The Morgan fingerprint density at radius 3 is 2.80 bits per heavy atom. The normalized spacial score (nSPS) is 22.4. The summed E-state index contributed by atoms with van der Waals surface area (Å²) in [5, 5.41) is 0.997. The van der Waals surface area contributed by atoms with Gasteiger partial charge in [0, 0.05) is 22.9 Å². The highest BCUT2D eigenvalue weighted by Crippen LogP contribution is 2.36. The summed E-state index contributed by atoms with van der Waals surface area (Å²) in [6, 6.07) is 0. The molecule has 2 aromatic rings. The summed E-state index contributed by atoms with van der Waals surface area (Å²) in [7, 11) is 4.30. The third kappa shape index (κ3) is 2.63. The molecule has 3 rings (SSSR count). The van der Waals surface area contributed by atoms with Gasteiger partial charge in [-0.25, -0.2) is 9.97 Å². The number of nitrogens with two attached hydrogens (primary N) is 1. The summed E-state index contributed by atoms with van der Waals surface area (Å²) in [4.78, 5) is 10.8. The molecular weight excluding hydrogens is 365 g/mol. The Labute approximate surface area is 132 Å². The van der Waals surface area contributed by atoms with Crippen LogP contribution in [0.5, 0.6) is 0 Å². The fourth-order valence-electron chi connectivity index (χ4n) is 3.20. The zero-order valence-corrected chi connectivity index (χ0v) is 14.0. The zero-order valence-electron chi connectivity index (χ0n) is 11.9. The molecule has 0 saturated heterocycles. The van der Waals surface area contributed by atoms with Gasteiger partial charge < -0.3 is 15.2 Å². The first-order valence-corrected chi connectivity index (χ1v) is 8.02. The van der Waals surface area contributed by atoms with Gasteiger partial charge in [0.05, 0.1) is 5.39 Å². The molecular formula is C14H20IN5. The van der Waals surface area contributed by atoms with Crippen molar-refractivity contribution < 1.29 is 0 Å². The van der Waals surface area contributed by atoms with E-state index in [1.54, 1.807) is 6.33 Å². The average molecular weight is 385 g/mol. The quantitative estimate of drug-likeness (QED) is 0.820. The number of fused-ring (bicyclic) bond motifs is 1. The number of nitrogens with zero attached hydrogens (tertiary/aromatic N) is 4. The fourth-order valence-corrected chi connectivity index (χ4v) is 4.06. The molecule has 2 heterocycles. The van der Waals surface area contributed by atoms with Crippen molar-refractivity contribution in [2.24, 2.45) is 11.8 Å². The van der Waals surface area contributed by atoms with Crippen LogP contribution in [0, 0.1) is 15.4 Å². The van der Waals surface area contributed by atoms with Crippen molar-refractivity contribution in [3.8, 4) is 0 Å². The number of hydrogen-bond acceptors (Lipinski definition) is 4. The molecule has 0 aromatic carbocycles. The first kappa shape index (κ1) is 14.1. The Bertz CT molecular complexity index is 615. The summed E-state index contributed by atoms with van der Waals surface area (Å²) in [6.45, 7) is 2.25. The van der Waals surface area contributed by atoms with E-state index in [0.29, 0.717) is 5.82 Å². The average Bonchev–Trinajstić information content (AvgIpc) is 2.64. The first-order chi connectivity index (χ1) is 9.54. The van der Waals surface area contributed by atoms with Gasteiger partial charge in [-0.3, -0.25) is 0 Å². The second kappa shape index (κ2) is 5.48. The summed E-state index contributed by atoms with van der Waals surface area (Å²) < 4.78 is 3.38. The van der Waals surface area contributed by atoms with Crippen molar-refractivity contribution in [3.05, 3.63) is 16.1 Å². The van der Waals surface area contributed by atoms with Crippen LogP contribution in [-0.4, -0.2) is 40.1 Å². The van der Waals surface area contributed by atoms with Crippen LogP contribution in [0.3, 0.4) is 0 Å². The molecule has 20 heavy (non-hydrogen) atoms. The van der Waals surface area contributed by atoms with E-state index in [4.69, 9.17) is 5.73 Å². The summed E-state index contributed by atoms with van der Waals surface area (Å²) in [6.07, 6.45) is 6.33. The van der Waals surface area contributed by atoms with Crippen LogP contribution in [0.2, 0.25) is 0 Å². The molecule has 0 amide bonds. The summed E-state index contributed by atoms with van der Waals surface area (Å²) in [5.74, 6) is 2.20. The molecule has 1 aliphatic carbocycles. The Morgan fingerprint density at radius 1 is 1.35 bits per heavy atom. The van der Waals surface area contributed by atoms with Crippen molar-refractivity contribution in [1.82, 2.24) is 19.4 Å². The van der Waals surface area contributed by atoms with Crippen LogP contribution in [0.25, 0.3) is 11.0 Å². The maximum Gasteiger partial charge on any atom is 0.146 e. The topological polar surface area (TPSA) is 60.0 Å². The van der Waals surface area contributed by atoms with Crippen LogP contribution in [0.1, 0.15) is 12.8 Å². The van der Waals surface area contributed by atoms with Gasteiger partial charge in [0.1, 0.15) is 17.8 Å². The third-order valence-electron chi connectivity index (χ3n) is 4.05. The van der Waals surface area contributed by atoms with Crippen LogP contribution in [0.4, 0.5) is 5.82 Å². The number of rotatable bonds is 4.